The zero-order valence-electron chi connectivity index (χ0n) is 10.6. The number of nitrogen functional groups attached to an aromatic ring is 1. The van der Waals surface area contributed by atoms with E-state index in [1.807, 2.05) is 16.7 Å². The normalized spacial score (nSPS) is 23.8. The van der Waals surface area contributed by atoms with Gasteiger partial charge in [0.2, 0.25) is 0 Å². The Balaban J connectivity index is 2.20. The Kier molecular flexibility index (Phi) is 4.08. The summed E-state index contributed by atoms with van der Waals surface area (Å²) in [5, 5.41) is 0.923. The lowest BCUT2D eigenvalue weighted by Gasteiger charge is -2.34. The average molecular weight is 266 g/mol. The number of carbonyl (C=O) groups is 1. The van der Waals surface area contributed by atoms with Crippen molar-refractivity contribution in [1.82, 2.24) is 9.88 Å². The minimum atomic E-state index is -0.00458. The minimum Gasteiger partial charge on any atom is -0.336 e. The first-order valence-corrected chi connectivity index (χ1v) is 6.92. The maximum absolute atomic E-state index is 12.5. The molecule has 0 spiro atoms. The fourth-order valence-electron chi connectivity index (χ4n) is 2.21. The molecule has 1 fully saturated rings. The van der Waals surface area contributed by atoms with Gasteiger partial charge < -0.3 is 10.3 Å². The average Bonchev–Trinajstić information content (AvgIpc) is 2.36. The summed E-state index contributed by atoms with van der Waals surface area (Å²) in [4.78, 5) is 18.4. The van der Waals surface area contributed by atoms with Crippen molar-refractivity contribution in [2.45, 2.75) is 24.3 Å². The topological polar surface area (TPSA) is 71.2 Å². The van der Waals surface area contributed by atoms with E-state index in [2.05, 4.69) is 24.3 Å². The molecule has 1 aromatic rings. The Morgan fingerprint density at radius 3 is 2.78 bits per heavy atom. The van der Waals surface area contributed by atoms with Crippen molar-refractivity contribution in [2.75, 3.05) is 18.5 Å². The summed E-state index contributed by atoms with van der Waals surface area (Å²) in [5.41, 5.74) is 3.01. The number of aromatic nitrogens is 1. The smallest absolute Gasteiger partial charge is 0.257 e. The highest BCUT2D eigenvalue weighted by Crippen LogP contribution is 2.26. The number of nitrogens with one attached hydrogen (secondary N) is 1. The molecule has 2 unspecified atom stereocenters. The van der Waals surface area contributed by atoms with Gasteiger partial charge in [-0.2, -0.15) is 11.8 Å². The summed E-state index contributed by atoms with van der Waals surface area (Å²) in [6, 6.07) is 3.50. The SMILES string of the molecule is CC1CN(C(=O)c2cccnc2NN)CC(C)S1. The summed E-state index contributed by atoms with van der Waals surface area (Å²) in [5.74, 6) is 5.81. The van der Waals surface area contributed by atoms with Crippen molar-refractivity contribution in [3.63, 3.8) is 0 Å². The van der Waals surface area contributed by atoms with E-state index in [1.165, 1.54) is 0 Å². The molecule has 2 atom stereocenters. The fourth-order valence-corrected chi connectivity index (χ4v) is 3.53. The summed E-state index contributed by atoms with van der Waals surface area (Å²) in [7, 11) is 0. The molecule has 6 heteroatoms. The van der Waals surface area contributed by atoms with E-state index < -0.39 is 0 Å². The van der Waals surface area contributed by atoms with Crippen LogP contribution in [0.4, 0.5) is 5.82 Å². The molecule has 1 aliphatic heterocycles. The summed E-state index contributed by atoms with van der Waals surface area (Å²) >= 11 is 1.92. The molecule has 1 saturated heterocycles. The molecule has 0 aromatic carbocycles. The van der Waals surface area contributed by atoms with Crippen molar-refractivity contribution in [3.05, 3.63) is 23.9 Å². The third kappa shape index (κ3) is 2.76. The van der Waals surface area contributed by atoms with Gasteiger partial charge in [0.1, 0.15) is 0 Å². The van der Waals surface area contributed by atoms with Crippen LogP contribution >= 0.6 is 11.8 Å². The van der Waals surface area contributed by atoms with Crippen LogP contribution in [0.5, 0.6) is 0 Å². The maximum atomic E-state index is 12.5. The molecule has 1 amide bonds. The van der Waals surface area contributed by atoms with Gasteiger partial charge in [0.25, 0.3) is 5.91 Å². The molecule has 1 aromatic heterocycles. The van der Waals surface area contributed by atoms with E-state index in [0.29, 0.717) is 21.9 Å². The number of carbonyl (C=O) groups excluding carboxylic acids is 1. The van der Waals surface area contributed by atoms with Crippen LogP contribution in [0, 0.1) is 0 Å². The highest BCUT2D eigenvalue weighted by molar-refractivity contribution is 8.00. The Hall–Kier alpha value is -1.27. The molecule has 0 bridgehead atoms. The van der Waals surface area contributed by atoms with Gasteiger partial charge in [0.15, 0.2) is 5.82 Å². The third-order valence-corrected chi connectivity index (χ3v) is 4.11. The highest BCUT2D eigenvalue weighted by Gasteiger charge is 2.27. The maximum Gasteiger partial charge on any atom is 0.257 e. The van der Waals surface area contributed by atoms with Gasteiger partial charge in [-0.1, -0.05) is 13.8 Å². The van der Waals surface area contributed by atoms with E-state index in [-0.39, 0.29) is 5.91 Å². The molecule has 2 rings (SSSR count). The number of amides is 1. The van der Waals surface area contributed by atoms with Gasteiger partial charge in [0, 0.05) is 29.8 Å². The van der Waals surface area contributed by atoms with Gasteiger partial charge in [-0.25, -0.2) is 10.8 Å². The van der Waals surface area contributed by atoms with Crippen molar-refractivity contribution in [3.8, 4) is 0 Å². The van der Waals surface area contributed by atoms with Crippen LogP contribution in [0.25, 0.3) is 0 Å². The first kappa shape index (κ1) is 13.2. The van der Waals surface area contributed by atoms with Gasteiger partial charge in [0.05, 0.1) is 5.56 Å². The second-order valence-electron chi connectivity index (χ2n) is 4.51. The molecule has 1 aliphatic rings. The molecule has 0 saturated carbocycles. The Bertz CT molecular complexity index is 430. The molecule has 2 heterocycles. The Morgan fingerprint density at radius 2 is 2.17 bits per heavy atom. The second kappa shape index (κ2) is 5.58. The standard InChI is InChI=1S/C12H18N4OS/c1-8-6-16(7-9(2)18-8)12(17)10-4-3-5-14-11(10)15-13/h3-5,8-9H,6-7,13H2,1-2H3,(H,14,15). The lowest BCUT2D eigenvalue weighted by atomic mass is 10.2. The molecule has 3 N–H and O–H groups in total. The first-order valence-electron chi connectivity index (χ1n) is 5.98. The molecule has 18 heavy (non-hydrogen) atoms. The molecule has 0 aliphatic carbocycles. The van der Waals surface area contributed by atoms with Crippen LogP contribution in [0.3, 0.4) is 0 Å². The number of hydrogen-bond acceptors (Lipinski definition) is 5. The van der Waals surface area contributed by atoms with Crippen LogP contribution in [-0.2, 0) is 0 Å². The zero-order chi connectivity index (χ0) is 13.1. The monoisotopic (exact) mass is 266 g/mol. The van der Waals surface area contributed by atoms with Gasteiger partial charge in [-0.3, -0.25) is 4.79 Å². The van der Waals surface area contributed by atoms with Crippen LogP contribution in [0.1, 0.15) is 24.2 Å². The third-order valence-electron chi connectivity index (χ3n) is 2.88. The predicted molar refractivity (Wildman–Crippen MR) is 74.5 cm³/mol. The summed E-state index contributed by atoms with van der Waals surface area (Å²) < 4.78 is 0. The van der Waals surface area contributed by atoms with Crippen molar-refractivity contribution in [1.29, 1.82) is 0 Å². The van der Waals surface area contributed by atoms with Crippen LogP contribution < -0.4 is 11.3 Å². The molecular formula is C12H18N4OS. The number of nitrogens with zero attached hydrogens (tertiary/aromatic N) is 2. The summed E-state index contributed by atoms with van der Waals surface area (Å²) in [6.07, 6.45) is 1.61. The number of pyridine rings is 1. The first-order chi connectivity index (χ1) is 8.61. The Morgan fingerprint density at radius 1 is 1.50 bits per heavy atom. The number of thioether (sulfide) groups is 1. The number of rotatable bonds is 2. The largest absolute Gasteiger partial charge is 0.336 e. The lowest BCUT2D eigenvalue weighted by molar-refractivity contribution is 0.0754. The second-order valence-corrected chi connectivity index (χ2v) is 6.39. The number of anilines is 1. The van der Waals surface area contributed by atoms with Crippen molar-refractivity contribution in [2.24, 2.45) is 5.84 Å². The van der Waals surface area contributed by atoms with E-state index >= 15 is 0 Å². The summed E-state index contributed by atoms with van der Waals surface area (Å²) in [6.45, 7) is 5.83. The van der Waals surface area contributed by atoms with E-state index in [0.717, 1.165) is 13.1 Å². The van der Waals surface area contributed by atoms with Gasteiger partial charge in [-0.15, -0.1) is 0 Å². The zero-order valence-corrected chi connectivity index (χ0v) is 11.4. The van der Waals surface area contributed by atoms with E-state index in [1.54, 1.807) is 18.3 Å². The van der Waals surface area contributed by atoms with Crippen LogP contribution in [0.2, 0.25) is 0 Å². The van der Waals surface area contributed by atoms with Crippen LogP contribution in [0.15, 0.2) is 18.3 Å². The minimum absolute atomic E-state index is 0.00458. The van der Waals surface area contributed by atoms with Crippen molar-refractivity contribution < 1.29 is 4.79 Å². The number of hydrogen-bond donors (Lipinski definition) is 2. The Labute approximate surface area is 111 Å². The highest BCUT2D eigenvalue weighted by atomic mass is 32.2. The number of nitrogens with two attached hydrogens (primary N) is 1. The van der Waals surface area contributed by atoms with Gasteiger partial charge >= 0.3 is 0 Å². The van der Waals surface area contributed by atoms with Crippen molar-refractivity contribution >= 4 is 23.5 Å². The quantitative estimate of drug-likeness (QED) is 0.624. The van der Waals surface area contributed by atoms with E-state index in [9.17, 15) is 4.79 Å². The molecule has 98 valence electrons. The molecule has 5 nitrogen and oxygen atoms in total. The predicted octanol–water partition coefficient (Wildman–Crippen LogP) is 1.33. The lowest BCUT2D eigenvalue weighted by Crippen LogP contribution is -2.44. The van der Waals surface area contributed by atoms with E-state index in [4.69, 9.17) is 5.84 Å². The molecule has 0 radical (unpaired) electrons. The fraction of sp³-hybridized carbons (Fsp3) is 0.500. The molecular weight excluding hydrogens is 248 g/mol. The number of hydrazine groups is 1. The van der Waals surface area contributed by atoms with Crippen LogP contribution in [-0.4, -0.2) is 39.4 Å². The van der Waals surface area contributed by atoms with Gasteiger partial charge in [-0.05, 0) is 12.1 Å².